The molecule has 0 fully saturated rings. The van der Waals surface area contributed by atoms with Crippen molar-refractivity contribution in [3.63, 3.8) is 0 Å². The van der Waals surface area contributed by atoms with Crippen LogP contribution in [-0.2, 0) is 4.74 Å². The number of hydrogen-bond acceptors (Lipinski definition) is 2. The normalized spacial score (nSPS) is 21.2. The molecule has 0 spiro atoms. The minimum absolute atomic E-state index is 0.522. The lowest BCUT2D eigenvalue weighted by Crippen LogP contribution is -2.78. The van der Waals surface area contributed by atoms with Crippen molar-refractivity contribution >= 4 is 24.9 Å². The summed E-state index contributed by atoms with van der Waals surface area (Å²) in [5.41, 5.74) is 0. The van der Waals surface area contributed by atoms with Gasteiger partial charge in [-0.1, -0.05) is 0 Å². The molecule has 0 saturated heterocycles. The van der Waals surface area contributed by atoms with Crippen LogP contribution in [0.1, 0.15) is 13.8 Å². The highest BCUT2D eigenvalue weighted by Gasteiger charge is 2.21. The van der Waals surface area contributed by atoms with E-state index in [0.717, 1.165) is 19.0 Å². The second-order valence-corrected chi connectivity index (χ2v) is 4.18. The molecule has 1 rings (SSSR count). The molecule has 1 unspecified atom stereocenters. The molecule has 0 aromatic heterocycles. The number of thioether (sulfide) groups is 1. The molecule has 90 valence electrons. The van der Waals surface area contributed by atoms with E-state index in [1.807, 2.05) is 18.7 Å². The largest absolute Gasteiger partial charge is 0.673 e. The van der Waals surface area contributed by atoms with Gasteiger partial charge in [0.05, 0.1) is 12.4 Å². The van der Waals surface area contributed by atoms with Gasteiger partial charge in [-0.05, 0) is 13.8 Å². The third-order valence-corrected chi connectivity index (χ3v) is 2.59. The van der Waals surface area contributed by atoms with Crippen molar-refractivity contribution in [2.24, 2.45) is 0 Å². The Morgan fingerprint density at radius 2 is 2.00 bits per heavy atom. The molecule has 1 heterocycles. The van der Waals surface area contributed by atoms with Gasteiger partial charge in [-0.2, -0.15) is 0 Å². The molecule has 1 aliphatic rings. The summed E-state index contributed by atoms with van der Waals surface area (Å²) in [7, 11) is -6.00. The molecule has 0 amide bonds. The van der Waals surface area contributed by atoms with Crippen LogP contribution in [0.3, 0.4) is 0 Å². The predicted molar refractivity (Wildman–Crippen MR) is 54.6 cm³/mol. The number of nitrogens with one attached hydrogen (secondary N) is 1. The van der Waals surface area contributed by atoms with Gasteiger partial charge in [-0.15, -0.1) is 11.8 Å². The molecule has 15 heavy (non-hydrogen) atoms. The molecule has 0 aromatic carbocycles. The van der Waals surface area contributed by atoms with Crippen LogP contribution >= 0.6 is 11.8 Å². The van der Waals surface area contributed by atoms with Crippen molar-refractivity contribution in [2.45, 2.75) is 19.1 Å². The fourth-order valence-corrected chi connectivity index (χ4v) is 1.83. The van der Waals surface area contributed by atoms with Gasteiger partial charge in [0.1, 0.15) is 5.25 Å². The Morgan fingerprint density at radius 1 is 1.47 bits per heavy atom. The van der Waals surface area contributed by atoms with Gasteiger partial charge in [0, 0.05) is 0 Å². The van der Waals surface area contributed by atoms with Gasteiger partial charge in [-0.3, -0.25) is 0 Å². The van der Waals surface area contributed by atoms with Gasteiger partial charge in [0.2, 0.25) is 0 Å². The molecule has 1 atom stereocenters. The molecule has 0 aromatic rings. The van der Waals surface area contributed by atoms with E-state index in [2.05, 4.69) is 11.9 Å². The van der Waals surface area contributed by atoms with Crippen LogP contribution in [-0.4, -0.2) is 37.3 Å². The van der Waals surface area contributed by atoms with Crippen LogP contribution in [0.4, 0.5) is 17.3 Å². The van der Waals surface area contributed by atoms with Crippen molar-refractivity contribution < 1.29 is 27.0 Å². The Kier molecular flexibility index (Phi) is 6.79. The van der Waals surface area contributed by atoms with Crippen LogP contribution in [0.5, 0.6) is 0 Å². The van der Waals surface area contributed by atoms with Crippen LogP contribution in [0.25, 0.3) is 0 Å². The highest BCUT2D eigenvalue weighted by molar-refractivity contribution is 8.00. The Bertz CT molecular complexity index is 206. The summed E-state index contributed by atoms with van der Waals surface area (Å²) in [6.07, 6.45) is 0. The van der Waals surface area contributed by atoms with E-state index in [-0.39, 0.29) is 0 Å². The Labute approximate surface area is 90.6 Å². The van der Waals surface area contributed by atoms with E-state index in [1.54, 1.807) is 0 Å². The molecule has 8 heteroatoms. The van der Waals surface area contributed by atoms with E-state index in [4.69, 9.17) is 4.74 Å². The highest BCUT2D eigenvalue weighted by atomic mass is 32.2. The Hall–Kier alpha value is -0.395. The Morgan fingerprint density at radius 3 is 2.40 bits per heavy atom. The van der Waals surface area contributed by atoms with Gasteiger partial charge in [0.15, 0.2) is 6.54 Å². The standard InChI is InChI=1S/C7H13NOS.BF4/c1-3-9-7-6(2)10-5-4-8-7;2-1(3,4)5/h6H,3-5H2,1-2H3;/q;-1/p+1. The molecule has 0 bridgehead atoms. The molecule has 0 radical (unpaired) electrons. The molecule has 2 nitrogen and oxygen atoms in total. The lowest BCUT2D eigenvalue weighted by molar-refractivity contribution is -0.464. The van der Waals surface area contributed by atoms with Crippen molar-refractivity contribution in [1.29, 1.82) is 0 Å². The number of hydrogen-bond donors (Lipinski definition) is 1. The van der Waals surface area contributed by atoms with Gasteiger partial charge >= 0.3 is 13.2 Å². The molecular formula is C7H14BF4NOS. The van der Waals surface area contributed by atoms with Gasteiger partial charge in [-0.25, -0.2) is 4.99 Å². The van der Waals surface area contributed by atoms with Crippen molar-refractivity contribution in [1.82, 2.24) is 0 Å². The zero-order valence-corrected chi connectivity index (χ0v) is 9.42. The lowest BCUT2D eigenvalue weighted by Gasteiger charge is -2.12. The summed E-state index contributed by atoms with van der Waals surface area (Å²) in [4.78, 5) is 3.24. The first-order chi connectivity index (χ1) is 6.84. The second kappa shape index (κ2) is 6.97. The average Bonchev–Trinajstić information content (AvgIpc) is 2.06. The molecule has 1 N–H and O–H groups in total. The van der Waals surface area contributed by atoms with Gasteiger partial charge < -0.3 is 22.0 Å². The third-order valence-electron chi connectivity index (χ3n) is 1.44. The van der Waals surface area contributed by atoms with Crippen LogP contribution in [0, 0.1) is 0 Å². The van der Waals surface area contributed by atoms with Crippen LogP contribution < -0.4 is 4.99 Å². The maximum absolute atomic E-state index is 9.75. The number of rotatable bonds is 1. The maximum Gasteiger partial charge on any atom is 0.673 e. The van der Waals surface area contributed by atoms with E-state index >= 15 is 0 Å². The molecular weight excluding hydrogens is 233 g/mol. The topological polar surface area (TPSA) is 23.2 Å². The zero-order chi connectivity index (χ0) is 11.9. The van der Waals surface area contributed by atoms with E-state index in [0.29, 0.717) is 5.25 Å². The summed E-state index contributed by atoms with van der Waals surface area (Å²) in [5, 5.41) is 0.522. The van der Waals surface area contributed by atoms with Crippen LogP contribution in [0.2, 0.25) is 0 Å². The fraction of sp³-hybridized carbons (Fsp3) is 0.857. The van der Waals surface area contributed by atoms with Crippen molar-refractivity contribution in [2.75, 3.05) is 18.9 Å². The summed E-state index contributed by atoms with van der Waals surface area (Å²) in [5.74, 6) is 2.25. The predicted octanol–water partition coefficient (Wildman–Crippen LogP) is 0.937. The van der Waals surface area contributed by atoms with Gasteiger partial charge in [0.25, 0.3) is 0 Å². The summed E-state index contributed by atoms with van der Waals surface area (Å²) in [6, 6.07) is 0. The average molecular weight is 247 g/mol. The quantitative estimate of drug-likeness (QED) is 0.550. The third kappa shape index (κ3) is 9.90. The summed E-state index contributed by atoms with van der Waals surface area (Å²) < 4.78 is 44.4. The second-order valence-electron chi connectivity index (χ2n) is 2.73. The number of ether oxygens (including phenoxy) is 1. The first-order valence-electron chi connectivity index (χ1n) is 4.57. The van der Waals surface area contributed by atoms with E-state index in [9.17, 15) is 17.3 Å². The zero-order valence-electron chi connectivity index (χ0n) is 8.60. The van der Waals surface area contributed by atoms with E-state index in [1.165, 1.54) is 5.75 Å². The smallest absolute Gasteiger partial charge is 0.448 e. The van der Waals surface area contributed by atoms with E-state index < -0.39 is 7.25 Å². The highest BCUT2D eigenvalue weighted by Crippen LogP contribution is 2.11. The van der Waals surface area contributed by atoms with Crippen LogP contribution in [0.15, 0.2) is 0 Å². The van der Waals surface area contributed by atoms with Crippen molar-refractivity contribution in [3.05, 3.63) is 0 Å². The Balaban J connectivity index is 0.000000336. The minimum Gasteiger partial charge on any atom is -0.448 e. The first-order valence-corrected chi connectivity index (χ1v) is 5.62. The summed E-state index contributed by atoms with van der Waals surface area (Å²) >= 11 is 1.94. The molecule has 0 saturated carbocycles. The monoisotopic (exact) mass is 247 g/mol. The fourth-order valence-electron chi connectivity index (χ4n) is 0.953. The summed E-state index contributed by atoms with van der Waals surface area (Å²) in [6.45, 7) is 6.00. The lowest BCUT2D eigenvalue weighted by atomic mass is 10.3. The SMILES string of the molecule is CCOC1=[NH+]CCSC1C.F[B-](F)(F)F. The number of halogens is 4. The molecule has 0 aliphatic carbocycles. The van der Waals surface area contributed by atoms with Crippen molar-refractivity contribution in [3.8, 4) is 0 Å². The minimum atomic E-state index is -6.00. The first kappa shape index (κ1) is 14.6. The maximum atomic E-state index is 9.75. The molecule has 1 aliphatic heterocycles.